The fourth-order valence-corrected chi connectivity index (χ4v) is 11.6. The van der Waals surface area contributed by atoms with E-state index in [9.17, 15) is 24.3 Å². The summed E-state index contributed by atoms with van der Waals surface area (Å²) in [6, 6.07) is 0. The number of allylic oxidation sites excluding steroid dienone is 5. The molecule has 0 aromatic rings. The van der Waals surface area contributed by atoms with Crippen molar-refractivity contribution in [2.45, 2.75) is 158 Å². The van der Waals surface area contributed by atoms with Gasteiger partial charge in [0.1, 0.15) is 13.2 Å². The SMILES string of the molecule is COC(=O)CCC(=O)OC[C@@]12CC[C@@H](C)[C@](C)(CC/C(C)=C/COC(=O)CCC(=O)OC[C@@H]3CC[C@@]4(C)C(C)=CCC[C@@H]4[C@@]3(C)CC/C(C)=C/CO)[C@H]1CCC=C2C. The molecule has 1 N–H and O–H groups in total. The van der Waals surface area contributed by atoms with E-state index in [1.807, 2.05) is 12.2 Å². The quantitative estimate of drug-likeness (QED) is 0.0771. The van der Waals surface area contributed by atoms with Gasteiger partial charge in [0.15, 0.2) is 0 Å². The third-order valence-electron chi connectivity index (χ3n) is 16.1. The third-order valence-corrected chi connectivity index (χ3v) is 16.1. The molecule has 0 heterocycles. The number of hydrogen-bond donors (Lipinski definition) is 1. The summed E-state index contributed by atoms with van der Waals surface area (Å²) in [6.07, 6.45) is 20.7. The van der Waals surface area contributed by atoms with Crippen molar-refractivity contribution >= 4 is 23.9 Å². The molecule has 0 aliphatic heterocycles. The lowest BCUT2D eigenvalue weighted by Crippen LogP contribution is -2.53. The van der Waals surface area contributed by atoms with Crippen molar-refractivity contribution in [2.75, 3.05) is 33.5 Å². The van der Waals surface area contributed by atoms with Gasteiger partial charge in [-0.25, -0.2) is 0 Å². The van der Waals surface area contributed by atoms with E-state index in [1.54, 1.807) is 0 Å². The highest BCUT2D eigenvalue weighted by atomic mass is 16.5. The summed E-state index contributed by atoms with van der Waals surface area (Å²) in [4.78, 5) is 49.9. The number of methoxy groups -OCH3 is 1. The maximum absolute atomic E-state index is 13.0. The van der Waals surface area contributed by atoms with Crippen LogP contribution in [0.1, 0.15) is 158 Å². The Balaban J connectivity index is 1.26. The first kappa shape index (κ1) is 47.5. The molecule has 0 bridgehead atoms. The van der Waals surface area contributed by atoms with Crippen LogP contribution in [-0.4, -0.2) is 62.5 Å². The molecule has 2 saturated carbocycles. The number of hydrogen-bond acceptors (Lipinski definition) is 9. The van der Waals surface area contributed by atoms with Crippen LogP contribution in [-0.2, 0) is 38.1 Å². The van der Waals surface area contributed by atoms with Gasteiger partial charge in [-0.1, -0.05) is 68.2 Å². The lowest BCUT2D eigenvalue weighted by atomic mass is 9.46. The van der Waals surface area contributed by atoms with Gasteiger partial charge in [-0.05, 0) is 151 Å². The number of fused-ring (bicyclic) bond motifs is 2. The molecule has 0 spiro atoms. The van der Waals surface area contributed by atoms with Gasteiger partial charge in [0.2, 0.25) is 0 Å². The Morgan fingerprint density at radius 1 is 0.707 bits per heavy atom. The highest BCUT2D eigenvalue weighted by molar-refractivity contribution is 5.78. The van der Waals surface area contributed by atoms with Gasteiger partial charge in [-0.3, -0.25) is 19.2 Å². The largest absolute Gasteiger partial charge is 0.469 e. The molecule has 0 amide bonds. The fraction of sp³-hybridized carbons (Fsp3) is 0.755. The Bertz CT molecular complexity index is 1590. The first-order valence-corrected chi connectivity index (χ1v) is 22.3. The molecule has 2 fully saturated rings. The molecule has 0 radical (unpaired) electrons. The van der Waals surface area contributed by atoms with Crippen molar-refractivity contribution in [1.82, 2.24) is 0 Å². The van der Waals surface area contributed by atoms with E-state index in [1.165, 1.54) is 23.8 Å². The molecule has 0 aromatic heterocycles. The van der Waals surface area contributed by atoms with Gasteiger partial charge >= 0.3 is 23.9 Å². The van der Waals surface area contributed by atoms with Crippen molar-refractivity contribution in [2.24, 2.45) is 45.3 Å². The molecule has 4 rings (SSSR count). The molecule has 0 saturated heterocycles. The number of rotatable bonds is 19. The molecule has 9 heteroatoms. The average molecular weight is 809 g/mol. The van der Waals surface area contributed by atoms with E-state index in [-0.39, 0.29) is 78.4 Å². The maximum atomic E-state index is 13.0. The zero-order valence-corrected chi connectivity index (χ0v) is 37.5. The lowest BCUT2D eigenvalue weighted by Gasteiger charge is -2.59. The standard InChI is InChI=1S/C49H76O9/c1-34(24-30-50)21-27-48(8)39(23-28-46(6)36(3)12-10-14-40(46)48)32-57-44(53)19-18-43(52)56-31-25-35(2)20-26-47(7)37(4)22-29-49(38(5)13-11-15-41(47)49)33-58-45(54)17-16-42(51)55-9/h12-13,24-25,37,39-41,50H,10-11,14-23,26-33H2,1-9H3/b34-24+,35-25+/t37-,39+,40+,41-,46+,47+,48+,49-/m1/s1. The van der Waals surface area contributed by atoms with E-state index < -0.39 is 11.9 Å². The van der Waals surface area contributed by atoms with Gasteiger partial charge in [-0.15, -0.1) is 0 Å². The Kier molecular flexibility index (Phi) is 17.1. The summed E-state index contributed by atoms with van der Waals surface area (Å²) in [5.74, 6) is 0.0422. The van der Waals surface area contributed by atoms with Crippen LogP contribution in [0.3, 0.4) is 0 Å². The van der Waals surface area contributed by atoms with Crippen LogP contribution in [0.2, 0.25) is 0 Å². The van der Waals surface area contributed by atoms with Gasteiger partial charge in [0.25, 0.3) is 0 Å². The number of ether oxygens (including phenoxy) is 4. The normalized spacial score (nSPS) is 32.5. The van der Waals surface area contributed by atoms with E-state index in [0.29, 0.717) is 31.0 Å². The van der Waals surface area contributed by atoms with Crippen LogP contribution in [0, 0.1) is 45.3 Å². The first-order chi connectivity index (χ1) is 27.4. The third kappa shape index (κ3) is 11.1. The van der Waals surface area contributed by atoms with Crippen molar-refractivity contribution in [3.8, 4) is 0 Å². The fourth-order valence-electron chi connectivity index (χ4n) is 11.6. The predicted molar refractivity (Wildman–Crippen MR) is 227 cm³/mol. The van der Waals surface area contributed by atoms with E-state index in [0.717, 1.165) is 82.6 Å². The average Bonchev–Trinajstić information content (AvgIpc) is 3.19. The summed E-state index contributed by atoms with van der Waals surface area (Å²) in [6.45, 7) is 19.1. The maximum Gasteiger partial charge on any atom is 0.306 e. The summed E-state index contributed by atoms with van der Waals surface area (Å²) < 4.78 is 22.0. The summed E-state index contributed by atoms with van der Waals surface area (Å²) in [7, 11) is 1.32. The van der Waals surface area contributed by atoms with Gasteiger partial charge in [0.05, 0.1) is 46.0 Å². The molecule has 8 atom stereocenters. The molecular formula is C49H76O9. The highest BCUT2D eigenvalue weighted by Gasteiger charge is 2.56. The Morgan fingerprint density at radius 2 is 1.28 bits per heavy atom. The van der Waals surface area contributed by atoms with Gasteiger partial charge in [0, 0.05) is 5.41 Å². The zero-order valence-electron chi connectivity index (χ0n) is 37.5. The molecule has 9 nitrogen and oxygen atoms in total. The van der Waals surface area contributed by atoms with E-state index >= 15 is 0 Å². The molecule has 4 aliphatic carbocycles. The van der Waals surface area contributed by atoms with Crippen LogP contribution >= 0.6 is 0 Å². The molecular weight excluding hydrogens is 733 g/mol. The van der Waals surface area contributed by atoms with Crippen LogP contribution < -0.4 is 0 Å². The van der Waals surface area contributed by atoms with Crippen LogP contribution in [0.4, 0.5) is 0 Å². The summed E-state index contributed by atoms with van der Waals surface area (Å²) in [5, 5.41) is 9.44. The second-order valence-corrected chi connectivity index (χ2v) is 19.2. The minimum Gasteiger partial charge on any atom is -0.469 e. The van der Waals surface area contributed by atoms with Crippen molar-refractivity contribution < 1.29 is 43.2 Å². The topological polar surface area (TPSA) is 125 Å². The number of esters is 4. The Labute approximate surface area is 349 Å². The van der Waals surface area contributed by atoms with Crippen molar-refractivity contribution in [3.05, 3.63) is 46.6 Å². The minimum absolute atomic E-state index is 0.000134. The van der Waals surface area contributed by atoms with Crippen molar-refractivity contribution in [3.63, 3.8) is 0 Å². The van der Waals surface area contributed by atoms with Crippen LogP contribution in [0.25, 0.3) is 0 Å². The van der Waals surface area contributed by atoms with Crippen LogP contribution in [0.5, 0.6) is 0 Å². The molecule has 326 valence electrons. The number of aliphatic hydroxyl groups is 1. The Morgan fingerprint density at radius 3 is 1.93 bits per heavy atom. The predicted octanol–water partition coefficient (Wildman–Crippen LogP) is 10.4. The zero-order chi connectivity index (χ0) is 42.7. The molecule has 0 aromatic carbocycles. The molecule has 4 aliphatic rings. The second-order valence-electron chi connectivity index (χ2n) is 19.2. The van der Waals surface area contributed by atoms with Crippen molar-refractivity contribution in [1.29, 1.82) is 0 Å². The smallest absolute Gasteiger partial charge is 0.306 e. The lowest BCUT2D eigenvalue weighted by molar-refractivity contribution is -0.156. The summed E-state index contributed by atoms with van der Waals surface area (Å²) >= 11 is 0. The monoisotopic (exact) mass is 809 g/mol. The highest BCUT2D eigenvalue weighted by Crippen LogP contribution is 2.63. The van der Waals surface area contributed by atoms with Gasteiger partial charge in [-0.2, -0.15) is 0 Å². The summed E-state index contributed by atoms with van der Waals surface area (Å²) in [5.41, 5.74) is 5.08. The second kappa shape index (κ2) is 20.9. The van der Waals surface area contributed by atoms with Gasteiger partial charge < -0.3 is 24.1 Å². The number of carbonyl (C=O) groups is 4. The van der Waals surface area contributed by atoms with E-state index in [2.05, 4.69) is 67.5 Å². The number of aliphatic hydroxyl groups excluding tert-OH is 1. The molecule has 58 heavy (non-hydrogen) atoms. The minimum atomic E-state index is -0.414. The first-order valence-electron chi connectivity index (χ1n) is 22.3. The van der Waals surface area contributed by atoms with E-state index in [4.69, 9.17) is 18.9 Å². The molecule has 0 unspecified atom stereocenters. The number of carbonyl (C=O) groups excluding carboxylic acids is 4. The Hall–Kier alpha value is -3.20. The van der Waals surface area contributed by atoms with Crippen LogP contribution in [0.15, 0.2) is 46.6 Å².